The topological polar surface area (TPSA) is 69.7 Å². The fourth-order valence-corrected chi connectivity index (χ4v) is 3.52. The summed E-state index contributed by atoms with van der Waals surface area (Å²) in [6.45, 7) is 5.34. The third-order valence-corrected chi connectivity index (χ3v) is 4.60. The van der Waals surface area contributed by atoms with Gasteiger partial charge in [-0.05, 0) is 32.1 Å². The zero-order valence-corrected chi connectivity index (χ0v) is 13.7. The highest BCUT2D eigenvalue weighted by molar-refractivity contribution is 6.09. The number of nitrogens with zero attached hydrogens (tertiary/aromatic N) is 2. The number of piperidine rings is 1. The van der Waals surface area contributed by atoms with Crippen molar-refractivity contribution in [3.8, 4) is 0 Å². The molecule has 0 radical (unpaired) electrons. The van der Waals surface area contributed by atoms with Gasteiger partial charge in [0.1, 0.15) is 12.1 Å². The summed E-state index contributed by atoms with van der Waals surface area (Å²) in [5.41, 5.74) is -0.803. The highest BCUT2D eigenvalue weighted by atomic mass is 16.2. The summed E-state index contributed by atoms with van der Waals surface area (Å²) >= 11 is 0. The summed E-state index contributed by atoms with van der Waals surface area (Å²) < 4.78 is 0. The number of urea groups is 1. The van der Waals surface area contributed by atoms with E-state index in [1.807, 2.05) is 13.8 Å². The Labute approximate surface area is 132 Å². The van der Waals surface area contributed by atoms with E-state index in [0.717, 1.165) is 50.1 Å². The van der Waals surface area contributed by atoms with E-state index in [1.54, 1.807) is 4.90 Å². The van der Waals surface area contributed by atoms with Crippen LogP contribution in [0.3, 0.4) is 0 Å². The van der Waals surface area contributed by atoms with E-state index >= 15 is 0 Å². The van der Waals surface area contributed by atoms with Crippen LogP contribution in [0.1, 0.15) is 58.8 Å². The first kappa shape index (κ1) is 16.8. The van der Waals surface area contributed by atoms with Crippen LogP contribution in [0.2, 0.25) is 0 Å². The number of amides is 4. The molecule has 2 aliphatic rings. The highest BCUT2D eigenvalue weighted by Crippen LogP contribution is 2.28. The lowest BCUT2D eigenvalue weighted by Gasteiger charge is -2.29. The van der Waals surface area contributed by atoms with E-state index in [0.29, 0.717) is 12.8 Å². The Balaban J connectivity index is 2.06. The largest absolute Gasteiger partial charge is 0.341 e. The maximum absolute atomic E-state index is 12.7. The first-order valence-electron chi connectivity index (χ1n) is 8.46. The van der Waals surface area contributed by atoms with E-state index in [1.165, 1.54) is 0 Å². The molecule has 22 heavy (non-hydrogen) atoms. The molecule has 0 saturated carbocycles. The molecule has 0 unspecified atom stereocenters. The van der Waals surface area contributed by atoms with Crippen LogP contribution >= 0.6 is 0 Å². The van der Waals surface area contributed by atoms with Crippen molar-refractivity contribution >= 4 is 17.8 Å². The van der Waals surface area contributed by atoms with Crippen molar-refractivity contribution in [1.29, 1.82) is 0 Å². The Bertz CT molecular complexity index is 438. The first-order valence-corrected chi connectivity index (χ1v) is 8.46. The van der Waals surface area contributed by atoms with Gasteiger partial charge < -0.3 is 10.2 Å². The molecular weight excluding hydrogens is 282 g/mol. The molecule has 4 amide bonds. The molecule has 2 fully saturated rings. The monoisotopic (exact) mass is 309 g/mol. The van der Waals surface area contributed by atoms with Gasteiger partial charge in [-0.25, -0.2) is 4.79 Å². The van der Waals surface area contributed by atoms with Crippen molar-refractivity contribution in [2.75, 3.05) is 19.6 Å². The van der Waals surface area contributed by atoms with Crippen LogP contribution in [0.4, 0.5) is 4.79 Å². The molecule has 0 aromatic heterocycles. The number of hydrogen-bond donors (Lipinski definition) is 1. The molecule has 0 aromatic rings. The highest BCUT2D eigenvalue weighted by Gasteiger charge is 2.50. The number of likely N-dealkylation sites (tertiary alicyclic amines) is 1. The molecule has 124 valence electrons. The minimum absolute atomic E-state index is 0.119. The van der Waals surface area contributed by atoms with Gasteiger partial charge in [-0.2, -0.15) is 0 Å². The molecule has 0 aliphatic carbocycles. The quantitative estimate of drug-likeness (QED) is 0.762. The summed E-state index contributed by atoms with van der Waals surface area (Å²) in [5.74, 6) is -0.349. The third-order valence-electron chi connectivity index (χ3n) is 4.60. The van der Waals surface area contributed by atoms with E-state index in [4.69, 9.17) is 0 Å². The second-order valence-corrected chi connectivity index (χ2v) is 6.35. The molecule has 1 N–H and O–H groups in total. The second-order valence-electron chi connectivity index (χ2n) is 6.35. The minimum atomic E-state index is -0.803. The normalized spacial score (nSPS) is 21.2. The van der Waals surface area contributed by atoms with Gasteiger partial charge in [0.2, 0.25) is 5.91 Å². The van der Waals surface area contributed by atoms with Crippen LogP contribution < -0.4 is 5.32 Å². The zero-order chi connectivity index (χ0) is 16.2. The lowest BCUT2D eigenvalue weighted by Crippen LogP contribution is -2.48. The zero-order valence-electron chi connectivity index (χ0n) is 13.7. The number of carbonyl (C=O) groups is 3. The predicted molar refractivity (Wildman–Crippen MR) is 83.2 cm³/mol. The summed E-state index contributed by atoms with van der Waals surface area (Å²) in [6, 6.07) is -0.419. The van der Waals surface area contributed by atoms with E-state index in [9.17, 15) is 14.4 Å². The summed E-state index contributed by atoms with van der Waals surface area (Å²) in [7, 11) is 0. The lowest BCUT2D eigenvalue weighted by molar-refractivity contribution is -0.139. The number of nitrogens with one attached hydrogen (secondary N) is 1. The molecule has 6 nitrogen and oxygen atoms in total. The average Bonchev–Trinajstić information content (AvgIpc) is 2.73. The molecule has 2 saturated heterocycles. The fourth-order valence-electron chi connectivity index (χ4n) is 3.52. The van der Waals surface area contributed by atoms with Crippen molar-refractivity contribution in [2.24, 2.45) is 0 Å². The number of hydrogen-bond acceptors (Lipinski definition) is 3. The van der Waals surface area contributed by atoms with Crippen LogP contribution in [0.15, 0.2) is 0 Å². The maximum Gasteiger partial charge on any atom is 0.325 e. The maximum atomic E-state index is 12.7. The Hall–Kier alpha value is -1.59. The van der Waals surface area contributed by atoms with Crippen LogP contribution in [-0.4, -0.2) is 52.8 Å². The predicted octanol–water partition coefficient (Wildman–Crippen LogP) is 1.89. The van der Waals surface area contributed by atoms with Gasteiger partial charge in [0.15, 0.2) is 0 Å². The molecule has 0 bridgehead atoms. The molecule has 2 aliphatic heterocycles. The van der Waals surface area contributed by atoms with E-state index in [2.05, 4.69) is 5.32 Å². The Kier molecular flexibility index (Phi) is 5.42. The molecule has 2 heterocycles. The van der Waals surface area contributed by atoms with E-state index in [-0.39, 0.29) is 18.4 Å². The van der Waals surface area contributed by atoms with Crippen molar-refractivity contribution in [1.82, 2.24) is 15.1 Å². The van der Waals surface area contributed by atoms with Crippen LogP contribution in [-0.2, 0) is 9.59 Å². The van der Waals surface area contributed by atoms with Crippen LogP contribution in [0.25, 0.3) is 0 Å². The van der Waals surface area contributed by atoms with Crippen molar-refractivity contribution in [3.05, 3.63) is 0 Å². The molecule has 6 heteroatoms. The van der Waals surface area contributed by atoms with Gasteiger partial charge in [-0.1, -0.05) is 26.7 Å². The molecule has 0 atom stereocenters. The van der Waals surface area contributed by atoms with Crippen molar-refractivity contribution in [2.45, 2.75) is 64.3 Å². The smallest absolute Gasteiger partial charge is 0.325 e. The Morgan fingerprint density at radius 1 is 1.09 bits per heavy atom. The molecule has 0 spiro atoms. The average molecular weight is 309 g/mol. The van der Waals surface area contributed by atoms with Crippen molar-refractivity contribution < 1.29 is 14.4 Å². The summed E-state index contributed by atoms with van der Waals surface area (Å²) in [6.07, 6.45) is 6.03. The van der Waals surface area contributed by atoms with Gasteiger partial charge in [0.25, 0.3) is 5.91 Å². The standard InChI is InChI=1S/C16H27N3O3/c1-3-8-16(9-4-2)14(21)19(15(22)17-16)12-13(20)18-10-6-5-7-11-18/h3-12H2,1-2H3,(H,17,22). The van der Waals surface area contributed by atoms with Gasteiger partial charge in [0.05, 0.1) is 0 Å². The van der Waals surface area contributed by atoms with Gasteiger partial charge in [-0.15, -0.1) is 0 Å². The molecular formula is C16H27N3O3. The molecule has 2 rings (SSSR count). The Morgan fingerprint density at radius 3 is 2.23 bits per heavy atom. The van der Waals surface area contributed by atoms with Gasteiger partial charge in [0, 0.05) is 13.1 Å². The third kappa shape index (κ3) is 3.25. The number of imide groups is 1. The van der Waals surface area contributed by atoms with Crippen LogP contribution in [0.5, 0.6) is 0 Å². The van der Waals surface area contributed by atoms with Crippen molar-refractivity contribution in [3.63, 3.8) is 0 Å². The van der Waals surface area contributed by atoms with Gasteiger partial charge >= 0.3 is 6.03 Å². The lowest BCUT2D eigenvalue weighted by atomic mass is 9.88. The number of carbonyl (C=O) groups excluding carboxylic acids is 3. The SMILES string of the molecule is CCCC1(CCC)NC(=O)N(CC(=O)N2CCCCC2)C1=O. The number of rotatable bonds is 6. The van der Waals surface area contributed by atoms with E-state index < -0.39 is 11.6 Å². The fraction of sp³-hybridized carbons (Fsp3) is 0.812. The van der Waals surface area contributed by atoms with Crippen LogP contribution in [0, 0.1) is 0 Å². The first-order chi connectivity index (χ1) is 10.5. The minimum Gasteiger partial charge on any atom is -0.341 e. The second kappa shape index (κ2) is 7.11. The summed E-state index contributed by atoms with van der Waals surface area (Å²) in [5, 5.41) is 2.84. The molecule has 0 aromatic carbocycles. The summed E-state index contributed by atoms with van der Waals surface area (Å²) in [4.78, 5) is 40.1. The Morgan fingerprint density at radius 2 is 1.68 bits per heavy atom. The van der Waals surface area contributed by atoms with Gasteiger partial charge in [-0.3, -0.25) is 14.5 Å².